The normalized spacial score (nSPS) is 34.1. The van der Waals surface area contributed by atoms with Gasteiger partial charge in [0.1, 0.15) is 11.5 Å². The molecular weight excluding hydrogens is 367 g/mol. The minimum Gasteiger partial charge on any atom is -0.460 e. The van der Waals surface area contributed by atoms with E-state index in [2.05, 4.69) is 5.32 Å². The van der Waals surface area contributed by atoms with Crippen molar-refractivity contribution >= 4 is 0 Å². The number of halogens is 3. The molecule has 2 atom stereocenters. The van der Waals surface area contributed by atoms with Gasteiger partial charge in [0.15, 0.2) is 0 Å². The molecule has 3 nitrogen and oxygen atoms in total. The number of nitrogens with one attached hydrogen (secondary N) is 1. The van der Waals surface area contributed by atoms with Crippen molar-refractivity contribution in [2.24, 2.45) is 11.8 Å². The lowest BCUT2D eigenvalue weighted by molar-refractivity contribution is -0.143. The van der Waals surface area contributed by atoms with Gasteiger partial charge in [-0.2, -0.15) is 13.2 Å². The third-order valence-electron chi connectivity index (χ3n) is 6.80. The molecule has 4 aliphatic carbocycles. The van der Waals surface area contributed by atoms with E-state index in [-0.39, 0.29) is 5.54 Å². The first-order valence-electron chi connectivity index (χ1n) is 9.96. The summed E-state index contributed by atoms with van der Waals surface area (Å²) in [5.74, 6) is 2.33. The smallest absolute Gasteiger partial charge is 0.416 e. The molecule has 150 valence electrons. The van der Waals surface area contributed by atoms with Crippen LogP contribution >= 0.6 is 0 Å². The Bertz CT molecular complexity index is 874. The second kappa shape index (κ2) is 6.10. The fraction of sp³-hybridized carbons (Fsp3) is 0.545. The highest BCUT2D eigenvalue weighted by Gasteiger charge is 2.56. The number of aliphatic hydroxyl groups is 1. The van der Waals surface area contributed by atoms with E-state index in [1.165, 1.54) is 12.5 Å². The summed E-state index contributed by atoms with van der Waals surface area (Å²) in [6.45, 7) is 0.522. The summed E-state index contributed by atoms with van der Waals surface area (Å²) < 4.78 is 44.7. The third-order valence-corrected chi connectivity index (χ3v) is 6.80. The van der Waals surface area contributed by atoms with E-state index < -0.39 is 17.3 Å². The van der Waals surface area contributed by atoms with Crippen molar-refractivity contribution in [3.05, 3.63) is 47.7 Å². The molecule has 2 unspecified atom stereocenters. The van der Waals surface area contributed by atoms with Gasteiger partial charge in [-0.3, -0.25) is 0 Å². The van der Waals surface area contributed by atoms with Crippen molar-refractivity contribution in [3.63, 3.8) is 0 Å². The Morgan fingerprint density at radius 1 is 1.07 bits per heavy atom. The summed E-state index contributed by atoms with van der Waals surface area (Å²) in [5.41, 5.74) is -0.820. The predicted molar refractivity (Wildman–Crippen MR) is 98.3 cm³/mol. The SMILES string of the molecule is OC12CC3CC(C1)CC(NCc1ccc(-c4cccc(C(F)(F)F)c4)o1)(C3)C2. The molecule has 0 radical (unpaired) electrons. The van der Waals surface area contributed by atoms with Crippen molar-refractivity contribution < 1.29 is 22.7 Å². The van der Waals surface area contributed by atoms with E-state index >= 15 is 0 Å². The molecule has 1 aromatic heterocycles. The van der Waals surface area contributed by atoms with Gasteiger partial charge in [0.25, 0.3) is 0 Å². The zero-order valence-electron chi connectivity index (χ0n) is 15.6. The maximum Gasteiger partial charge on any atom is 0.416 e. The first kappa shape index (κ1) is 18.3. The average molecular weight is 391 g/mol. The van der Waals surface area contributed by atoms with Gasteiger partial charge in [0.05, 0.1) is 17.7 Å². The van der Waals surface area contributed by atoms with E-state index in [4.69, 9.17) is 4.42 Å². The number of benzene rings is 1. The van der Waals surface area contributed by atoms with Gasteiger partial charge in [-0.25, -0.2) is 0 Å². The Balaban J connectivity index is 1.30. The van der Waals surface area contributed by atoms with Crippen LogP contribution in [0.3, 0.4) is 0 Å². The summed E-state index contributed by atoms with van der Waals surface area (Å²) in [5, 5.41) is 14.5. The molecule has 4 fully saturated rings. The summed E-state index contributed by atoms with van der Waals surface area (Å²) in [7, 11) is 0. The fourth-order valence-electron chi connectivity index (χ4n) is 6.17. The van der Waals surface area contributed by atoms with E-state index in [9.17, 15) is 18.3 Å². The summed E-state index contributed by atoms with van der Waals surface area (Å²) >= 11 is 0. The Morgan fingerprint density at radius 3 is 2.50 bits per heavy atom. The van der Waals surface area contributed by atoms with Crippen molar-refractivity contribution in [1.82, 2.24) is 5.32 Å². The van der Waals surface area contributed by atoms with E-state index in [1.807, 2.05) is 6.07 Å². The van der Waals surface area contributed by atoms with E-state index in [0.29, 0.717) is 35.5 Å². The zero-order valence-corrected chi connectivity index (χ0v) is 15.6. The highest BCUT2D eigenvalue weighted by Crippen LogP contribution is 2.57. The Hall–Kier alpha value is -1.79. The summed E-state index contributed by atoms with van der Waals surface area (Å²) in [6, 6.07) is 8.74. The summed E-state index contributed by atoms with van der Waals surface area (Å²) in [4.78, 5) is 0. The second-order valence-electron chi connectivity index (χ2n) is 9.16. The lowest BCUT2D eigenvalue weighted by Gasteiger charge is -2.60. The maximum absolute atomic E-state index is 12.9. The monoisotopic (exact) mass is 391 g/mol. The van der Waals surface area contributed by atoms with E-state index in [0.717, 1.165) is 44.2 Å². The standard InChI is InChI=1S/C22H24F3NO2/c23-22(24,25)17-3-1-2-16(7-17)19-5-4-18(28-19)12-26-20-8-14-6-15(9-20)11-21(27,10-14)13-20/h1-5,7,14-15,26-27H,6,8-13H2. The number of alkyl halides is 3. The lowest BCUT2D eigenvalue weighted by Crippen LogP contribution is -2.64. The highest BCUT2D eigenvalue weighted by molar-refractivity contribution is 5.58. The number of hydrogen-bond acceptors (Lipinski definition) is 3. The van der Waals surface area contributed by atoms with Crippen LogP contribution in [-0.2, 0) is 12.7 Å². The minimum absolute atomic E-state index is 0.0397. The average Bonchev–Trinajstić information content (AvgIpc) is 3.06. The number of hydrogen-bond donors (Lipinski definition) is 2. The molecule has 4 bridgehead atoms. The van der Waals surface area contributed by atoms with Gasteiger partial charge in [0.2, 0.25) is 0 Å². The van der Waals surface area contributed by atoms with Crippen molar-refractivity contribution in [2.75, 3.05) is 0 Å². The van der Waals surface area contributed by atoms with Crippen LogP contribution in [0.5, 0.6) is 0 Å². The van der Waals surface area contributed by atoms with E-state index in [1.54, 1.807) is 12.1 Å². The quantitative estimate of drug-likeness (QED) is 0.759. The van der Waals surface area contributed by atoms with Crippen LogP contribution < -0.4 is 5.32 Å². The fourth-order valence-corrected chi connectivity index (χ4v) is 6.17. The first-order valence-corrected chi connectivity index (χ1v) is 9.96. The predicted octanol–water partition coefficient (Wildman–Crippen LogP) is 5.14. The first-order chi connectivity index (χ1) is 13.2. The lowest BCUT2D eigenvalue weighted by atomic mass is 9.51. The molecule has 6 rings (SSSR count). The van der Waals surface area contributed by atoms with Gasteiger partial charge >= 0.3 is 6.18 Å². The van der Waals surface area contributed by atoms with Crippen LogP contribution in [0.25, 0.3) is 11.3 Å². The van der Waals surface area contributed by atoms with Crippen LogP contribution in [0.1, 0.15) is 49.8 Å². The van der Waals surface area contributed by atoms with Crippen molar-refractivity contribution in [2.45, 2.75) is 62.4 Å². The molecule has 0 saturated heterocycles. The largest absolute Gasteiger partial charge is 0.460 e. The van der Waals surface area contributed by atoms with Crippen molar-refractivity contribution in [1.29, 1.82) is 0 Å². The van der Waals surface area contributed by atoms with Gasteiger partial charge in [-0.15, -0.1) is 0 Å². The topological polar surface area (TPSA) is 45.4 Å². The molecule has 0 spiro atoms. The van der Waals surface area contributed by atoms with Gasteiger partial charge in [-0.05, 0) is 74.6 Å². The van der Waals surface area contributed by atoms with Gasteiger partial charge in [-0.1, -0.05) is 12.1 Å². The number of rotatable bonds is 4. The molecule has 2 N–H and O–H groups in total. The van der Waals surface area contributed by atoms with Crippen LogP contribution in [0, 0.1) is 11.8 Å². The van der Waals surface area contributed by atoms with Crippen LogP contribution in [-0.4, -0.2) is 16.2 Å². The van der Waals surface area contributed by atoms with Gasteiger partial charge < -0.3 is 14.8 Å². The maximum atomic E-state index is 12.9. The third kappa shape index (κ3) is 3.26. The zero-order chi connectivity index (χ0) is 19.6. The molecule has 1 heterocycles. The molecule has 0 amide bonds. The molecule has 1 aromatic carbocycles. The molecule has 4 aliphatic rings. The molecule has 4 saturated carbocycles. The second-order valence-corrected chi connectivity index (χ2v) is 9.16. The Kier molecular flexibility index (Phi) is 3.98. The molecule has 0 aliphatic heterocycles. The molecular formula is C22H24F3NO2. The molecule has 6 heteroatoms. The van der Waals surface area contributed by atoms with Crippen molar-refractivity contribution in [3.8, 4) is 11.3 Å². The molecule has 28 heavy (non-hydrogen) atoms. The number of furan rings is 1. The molecule has 2 aromatic rings. The van der Waals surface area contributed by atoms with Crippen LogP contribution in [0.4, 0.5) is 13.2 Å². The highest BCUT2D eigenvalue weighted by atomic mass is 19.4. The Labute approximate surface area is 161 Å². The van der Waals surface area contributed by atoms with Gasteiger partial charge in [0, 0.05) is 11.1 Å². The minimum atomic E-state index is -4.37. The van der Waals surface area contributed by atoms with Crippen LogP contribution in [0.2, 0.25) is 0 Å². The Morgan fingerprint density at radius 2 is 1.82 bits per heavy atom. The van der Waals surface area contributed by atoms with Crippen LogP contribution in [0.15, 0.2) is 40.8 Å². The summed E-state index contributed by atoms with van der Waals surface area (Å²) in [6.07, 6.45) is 1.67.